The second-order valence-electron chi connectivity index (χ2n) is 7.02. The topological polar surface area (TPSA) is 56.7 Å². The summed E-state index contributed by atoms with van der Waals surface area (Å²) in [5, 5.41) is 11.0. The zero-order chi connectivity index (χ0) is 17.3. The lowest BCUT2D eigenvalue weighted by Gasteiger charge is -2.25. The van der Waals surface area contributed by atoms with Crippen molar-refractivity contribution in [2.45, 2.75) is 31.2 Å². The zero-order valence-electron chi connectivity index (χ0n) is 14.2. The molecule has 25 heavy (non-hydrogen) atoms. The fourth-order valence-electron chi connectivity index (χ4n) is 3.96. The number of carboxylic acid groups (broad SMARTS) is 1. The number of anilines is 1. The number of hydrogen-bond donors (Lipinski definition) is 1. The van der Waals surface area contributed by atoms with Crippen LogP contribution in [0.1, 0.15) is 29.7 Å². The van der Waals surface area contributed by atoms with E-state index in [9.17, 15) is 9.90 Å². The van der Waals surface area contributed by atoms with Gasteiger partial charge in [-0.1, -0.05) is 30.3 Å². The molecule has 1 aromatic carbocycles. The van der Waals surface area contributed by atoms with Crippen LogP contribution in [0.4, 0.5) is 5.13 Å². The molecular weight excluding hydrogens is 334 g/mol. The highest BCUT2D eigenvalue weighted by molar-refractivity contribution is 7.15. The van der Waals surface area contributed by atoms with E-state index in [1.165, 1.54) is 17.7 Å². The summed E-state index contributed by atoms with van der Waals surface area (Å²) >= 11 is 1.75. The lowest BCUT2D eigenvalue weighted by atomic mass is 9.80. The van der Waals surface area contributed by atoms with Gasteiger partial charge in [-0.2, -0.15) is 0 Å². The number of hydrogen-bond acceptors (Lipinski definition) is 5. The quantitative estimate of drug-likeness (QED) is 0.892. The van der Waals surface area contributed by atoms with E-state index < -0.39 is 11.4 Å². The molecule has 0 bridgehead atoms. The molecule has 2 aliphatic heterocycles. The molecule has 2 fully saturated rings. The number of thiazole rings is 1. The zero-order valence-corrected chi connectivity index (χ0v) is 15.0. The van der Waals surface area contributed by atoms with Crippen LogP contribution in [0.2, 0.25) is 0 Å². The van der Waals surface area contributed by atoms with Crippen LogP contribution in [0, 0.1) is 0 Å². The summed E-state index contributed by atoms with van der Waals surface area (Å²) in [6, 6.07) is 9.66. The minimum Gasteiger partial charge on any atom is -0.481 e. The molecule has 0 aliphatic carbocycles. The lowest BCUT2D eigenvalue weighted by Crippen LogP contribution is -2.38. The van der Waals surface area contributed by atoms with Crippen LogP contribution in [0.15, 0.2) is 36.5 Å². The van der Waals surface area contributed by atoms with Crippen molar-refractivity contribution >= 4 is 22.4 Å². The molecular formula is C19H23N3O2S. The van der Waals surface area contributed by atoms with E-state index in [1.54, 1.807) is 11.3 Å². The smallest absolute Gasteiger partial charge is 0.315 e. The van der Waals surface area contributed by atoms with E-state index in [1.807, 2.05) is 36.5 Å². The van der Waals surface area contributed by atoms with Gasteiger partial charge in [-0.05, 0) is 24.8 Å². The van der Waals surface area contributed by atoms with E-state index >= 15 is 0 Å². The Kier molecular flexibility index (Phi) is 4.48. The summed E-state index contributed by atoms with van der Waals surface area (Å²) in [7, 11) is 0. The van der Waals surface area contributed by atoms with E-state index in [4.69, 9.17) is 0 Å². The third-order valence-corrected chi connectivity index (χ3v) is 6.42. The van der Waals surface area contributed by atoms with Crippen molar-refractivity contribution in [2.24, 2.45) is 0 Å². The normalized spacial score (nSPS) is 24.1. The minimum atomic E-state index is -0.788. The Morgan fingerprint density at radius 2 is 1.96 bits per heavy atom. The van der Waals surface area contributed by atoms with E-state index in [0.29, 0.717) is 13.0 Å². The number of aromatic nitrogens is 1. The maximum atomic E-state index is 12.1. The van der Waals surface area contributed by atoms with Crippen LogP contribution in [0.5, 0.6) is 0 Å². The SMILES string of the molecule is O=C(O)C1(c2ccccc2)CCN(Cc2cnc(N3CCCC3)s2)C1. The average Bonchev–Trinajstić information content (AvgIpc) is 3.37. The summed E-state index contributed by atoms with van der Waals surface area (Å²) in [6.07, 6.45) is 5.12. The number of aliphatic carboxylic acids is 1. The Bertz CT molecular complexity index is 742. The first-order valence-electron chi connectivity index (χ1n) is 8.88. The number of carbonyl (C=O) groups is 1. The molecule has 0 saturated carbocycles. The highest BCUT2D eigenvalue weighted by atomic mass is 32.1. The van der Waals surface area contributed by atoms with Crippen LogP contribution < -0.4 is 4.90 Å². The number of carboxylic acids is 1. The van der Waals surface area contributed by atoms with Gasteiger partial charge in [0.1, 0.15) is 5.41 Å². The molecule has 0 spiro atoms. The van der Waals surface area contributed by atoms with E-state index in [2.05, 4.69) is 14.8 Å². The highest BCUT2D eigenvalue weighted by Crippen LogP contribution is 2.36. The maximum Gasteiger partial charge on any atom is 0.315 e. The van der Waals surface area contributed by atoms with Crippen LogP contribution >= 0.6 is 11.3 Å². The van der Waals surface area contributed by atoms with Crippen molar-refractivity contribution in [3.8, 4) is 0 Å². The number of likely N-dealkylation sites (tertiary alicyclic amines) is 1. The Morgan fingerprint density at radius 3 is 2.68 bits per heavy atom. The monoisotopic (exact) mass is 357 g/mol. The number of rotatable bonds is 5. The number of benzene rings is 1. The Labute approximate surface area is 151 Å². The van der Waals surface area contributed by atoms with Gasteiger partial charge in [0.15, 0.2) is 5.13 Å². The standard InChI is InChI=1S/C19H23N3O2S/c23-17(24)19(15-6-2-1-3-7-15)8-11-21(14-19)13-16-12-20-18(25-16)22-9-4-5-10-22/h1-3,6-7,12H,4-5,8-11,13-14H2,(H,23,24). The van der Waals surface area contributed by atoms with Crippen molar-refractivity contribution in [3.05, 3.63) is 47.0 Å². The van der Waals surface area contributed by atoms with Gasteiger partial charge in [-0.15, -0.1) is 11.3 Å². The third-order valence-electron chi connectivity index (χ3n) is 5.38. The highest BCUT2D eigenvalue weighted by Gasteiger charge is 2.46. The molecule has 4 rings (SSSR count). The van der Waals surface area contributed by atoms with Gasteiger partial charge in [-0.3, -0.25) is 9.69 Å². The molecule has 6 heteroatoms. The minimum absolute atomic E-state index is 0.559. The molecule has 1 atom stereocenters. The summed E-state index contributed by atoms with van der Waals surface area (Å²) in [5.74, 6) is -0.719. The molecule has 2 aromatic rings. The lowest BCUT2D eigenvalue weighted by molar-refractivity contribution is -0.143. The van der Waals surface area contributed by atoms with E-state index in [0.717, 1.165) is 36.9 Å². The Morgan fingerprint density at radius 1 is 1.20 bits per heavy atom. The van der Waals surface area contributed by atoms with Crippen LogP contribution in [-0.4, -0.2) is 47.1 Å². The van der Waals surface area contributed by atoms with Gasteiger partial charge in [0.05, 0.1) is 0 Å². The van der Waals surface area contributed by atoms with Gasteiger partial charge in [0, 0.05) is 43.8 Å². The maximum absolute atomic E-state index is 12.1. The first kappa shape index (κ1) is 16.5. The fraction of sp³-hybridized carbons (Fsp3) is 0.474. The predicted octanol–water partition coefficient (Wildman–Crippen LogP) is 2.97. The molecule has 1 unspecified atom stereocenters. The fourth-order valence-corrected chi connectivity index (χ4v) is 4.96. The third kappa shape index (κ3) is 3.16. The van der Waals surface area contributed by atoms with E-state index in [-0.39, 0.29) is 0 Å². The molecule has 1 aromatic heterocycles. The van der Waals surface area contributed by atoms with Gasteiger partial charge < -0.3 is 10.0 Å². The second-order valence-corrected chi connectivity index (χ2v) is 8.11. The van der Waals surface area contributed by atoms with Crippen LogP contribution in [0.3, 0.4) is 0 Å². The summed E-state index contributed by atoms with van der Waals surface area (Å²) in [6.45, 7) is 4.36. The largest absolute Gasteiger partial charge is 0.481 e. The van der Waals surface area contributed by atoms with Crippen molar-refractivity contribution in [3.63, 3.8) is 0 Å². The Hall–Kier alpha value is -1.92. The van der Waals surface area contributed by atoms with Gasteiger partial charge in [0.25, 0.3) is 0 Å². The molecule has 0 radical (unpaired) electrons. The van der Waals surface area contributed by atoms with Gasteiger partial charge >= 0.3 is 5.97 Å². The molecule has 3 heterocycles. The average molecular weight is 357 g/mol. The molecule has 0 amide bonds. The molecule has 2 aliphatic rings. The van der Waals surface area contributed by atoms with Gasteiger partial charge in [0.2, 0.25) is 0 Å². The van der Waals surface area contributed by atoms with Crippen molar-refractivity contribution in [1.29, 1.82) is 0 Å². The second kappa shape index (κ2) is 6.77. The molecule has 132 valence electrons. The number of nitrogens with zero attached hydrogens (tertiary/aromatic N) is 3. The summed E-state index contributed by atoms with van der Waals surface area (Å²) in [5.41, 5.74) is 0.121. The van der Waals surface area contributed by atoms with Crippen molar-refractivity contribution in [2.75, 3.05) is 31.1 Å². The Balaban J connectivity index is 1.47. The molecule has 1 N–H and O–H groups in total. The first-order valence-corrected chi connectivity index (χ1v) is 9.70. The first-order chi connectivity index (χ1) is 12.2. The molecule has 2 saturated heterocycles. The molecule has 5 nitrogen and oxygen atoms in total. The summed E-state index contributed by atoms with van der Waals surface area (Å²) < 4.78 is 0. The van der Waals surface area contributed by atoms with Crippen molar-refractivity contribution < 1.29 is 9.90 Å². The van der Waals surface area contributed by atoms with Gasteiger partial charge in [-0.25, -0.2) is 4.98 Å². The van der Waals surface area contributed by atoms with Crippen LogP contribution in [-0.2, 0) is 16.8 Å². The van der Waals surface area contributed by atoms with Crippen molar-refractivity contribution in [1.82, 2.24) is 9.88 Å². The predicted molar refractivity (Wildman–Crippen MR) is 99.2 cm³/mol. The van der Waals surface area contributed by atoms with Crippen LogP contribution in [0.25, 0.3) is 0 Å². The summed E-state index contributed by atoms with van der Waals surface area (Å²) in [4.78, 5) is 22.5.